The van der Waals surface area contributed by atoms with Crippen LogP contribution in [0.5, 0.6) is 0 Å². The first-order chi connectivity index (χ1) is 13.0. The molecule has 4 rings (SSSR count). The van der Waals surface area contributed by atoms with E-state index in [1.54, 1.807) is 4.68 Å². The van der Waals surface area contributed by atoms with E-state index in [4.69, 9.17) is 0 Å². The Bertz CT molecular complexity index is 1060. The van der Waals surface area contributed by atoms with Gasteiger partial charge >= 0.3 is 0 Å². The van der Waals surface area contributed by atoms with Crippen LogP contribution in [-0.2, 0) is 4.79 Å². The van der Waals surface area contributed by atoms with E-state index in [0.29, 0.717) is 11.5 Å². The Kier molecular flexibility index (Phi) is 4.53. The number of carbonyl (C=O) groups is 1. The minimum absolute atomic E-state index is 0.166. The van der Waals surface area contributed by atoms with E-state index in [-0.39, 0.29) is 11.9 Å². The van der Waals surface area contributed by atoms with Gasteiger partial charge in [0.15, 0.2) is 0 Å². The predicted octanol–water partition coefficient (Wildman–Crippen LogP) is 4.28. The first kappa shape index (κ1) is 17.5. The second kappa shape index (κ2) is 7.00. The molecular weight excluding hydrogens is 406 g/mol. The number of allylic oxidation sites excluding steroid dienone is 1. The Balaban J connectivity index is 1.79. The zero-order valence-electron chi connectivity index (χ0n) is 14.9. The molecular formula is C20H18BrN5O. The second-order valence-electron chi connectivity index (χ2n) is 6.42. The number of aryl methyl sites for hydroxylation is 1. The number of fused-ring (bicyclic) bond motifs is 1. The molecule has 0 fully saturated rings. The van der Waals surface area contributed by atoms with Gasteiger partial charge in [-0.2, -0.15) is 10.1 Å². The Morgan fingerprint density at radius 1 is 1.19 bits per heavy atom. The van der Waals surface area contributed by atoms with E-state index < -0.39 is 0 Å². The first-order valence-electron chi connectivity index (χ1n) is 8.54. The fraction of sp³-hybridized carbons (Fsp3) is 0.150. The SMILES string of the molecule is CC1=C(C(=O)Nc2ccccc2C)[C@H](c2cccc(Br)c2)n2ncnc2N1. The van der Waals surface area contributed by atoms with Crippen molar-refractivity contribution in [3.05, 3.63) is 81.7 Å². The zero-order chi connectivity index (χ0) is 19.0. The number of nitrogens with zero attached hydrogens (tertiary/aromatic N) is 3. The van der Waals surface area contributed by atoms with E-state index in [1.807, 2.05) is 62.4 Å². The van der Waals surface area contributed by atoms with Gasteiger partial charge in [-0.15, -0.1) is 0 Å². The summed E-state index contributed by atoms with van der Waals surface area (Å²) in [6.45, 7) is 3.85. The minimum Gasteiger partial charge on any atom is -0.328 e. The average Bonchev–Trinajstić information content (AvgIpc) is 3.10. The van der Waals surface area contributed by atoms with Gasteiger partial charge in [0.25, 0.3) is 5.91 Å². The molecule has 1 aliphatic rings. The summed E-state index contributed by atoms with van der Waals surface area (Å²) in [5.41, 5.74) is 4.11. The highest BCUT2D eigenvalue weighted by Gasteiger charge is 2.33. The number of rotatable bonds is 3. The summed E-state index contributed by atoms with van der Waals surface area (Å²) in [4.78, 5) is 17.5. The minimum atomic E-state index is -0.370. The number of halogens is 1. The van der Waals surface area contributed by atoms with Crippen LogP contribution in [0.2, 0.25) is 0 Å². The van der Waals surface area contributed by atoms with Gasteiger partial charge in [-0.1, -0.05) is 46.3 Å². The smallest absolute Gasteiger partial charge is 0.255 e. The van der Waals surface area contributed by atoms with E-state index in [0.717, 1.165) is 27.0 Å². The quantitative estimate of drug-likeness (QED) is 0.659. The Morgan fingerprint density at radius 3 is 2.78 bits per heavy atom. The fourth-order valence-electron chi connectivity index (χ4n) is 3.27. The van der Waals surface area contributed by atoms with Gasteiger partial charge in [-0.3, -0.25) is 4.79 Å². The third-order valence-corrected chi connectivity index (χ3v) is 5.09. The Morgan fingerprint density at radius 2 is 2.00 bits per heavy atom. The number of amides is 1. The zero-order valence-corrected chi connectivity index (χ0v) is 16.5. The summed E-state index contributed by atoms with van der Waals surface area (Å²) in [6.07, 6.45) is 1.49. The van der Waals surface area contributed by atoms with Crippen LogP contribution in [0.25, 0.3) is 0 Å². The van der Waals surface area contributed by atoms with Gasteiger partial charge in [0.1, 0.15) is 12.4 Å². The summed E-state index contributed by atoms with van der Waals surface area (Å²) >= 11 is 3.52. The highest BCUT2D eigenvalue weighted by Crippen LogP contribution is 2.36. The molecule has 1 amide bonds. The molecule has 2 aromatic carbocycles. The number of carbonyl (C=O) groups excluding carboxylic acids is 1. The van der Waals surface area contributed by atoms with Crippen LogP contribution in [0.15, 0.2) is 70.6 Å². The van der Waals surface area contributed by atoms with E-state index in [2.05, 4.69) is 36.6 Å². The van der Waals surface area contributed by atoms with Crippen molar-refractivity contribution in [2.45, 2.75) is 19.9 Å². The van der Waals surface area contributed by atoms with Gasteiger partial charge < -0.3 is 10.6 Å². The summed E-state index contributed by atoms with van der Waals surface area (Å²) in [5.74, 6) is 0.449. The molecule has 0 spiro atoms. The van der Waals surface area contributed by atoms with Crippen molar-refractivity contribution in [2.24, 2.45) is 0 Å². The largest absolute Gasteiger partial charge is 0.328 e. The maximum Gasteiger partial charge on any atom is 0.255 e. The fourth-order valence-corrected chi connectivity index (χ4v) is 3.69. The lowest BCUT2D eigenvalue weighted by Crippen LogP contribution is -2.31. The molecule has 136 valence electrons. The molecule has 0 saturated heterocycles. The summed E-state index contributed by atoms with van der Waals surface area (Å²) < 4.78 is 2.68. The van der Waals surface area contributed by atoms with Gasteiger partial charge in [-0.25, -0.2) is 4.68 Å². The van der Waals surface area contributed by atoms with Crippen molar-refractivity contribution in [1.82, 2.24) is 14.8 Å². The van der Waals surface area contributed by atoms with Crippen LogP contribution in [0, 0.1) is 6.92 Å². The second-order valence-corrected chi connectivity index (χ2v) is 7.33. The number of aromatic nitrogens is 3. The molecule has 3 aromatic rings. The molecule has 0 unspecified atom stereocenters. The number of hydrogen-bond donors (Lipinski definition) is 2. The van der Waals surface area contributed by atoms with E-state index >= 15 is 0 Å². The molecule has 2 heterocycles. The lowest BCUT2D eigenvalue weighted by atomic mass is 9.95. The van der Waals surface area contributed by atoms with Crippen molar-refractivity contribution in [3.63, 3.8) is 0 Å². The van der Waals surface area contributed by atoms with Gasteiger partial charge in [0.2, 0.25) is 5.95 Å². The summed E-state index contributed by atoms with van der Waals surface area (Å²) in [5, 5.41) is 10.6. The number of hydrogen-bond acceptors (Lipinski definition) is 4. The van der Waals surface area contributed by atoms with Crippen LogP contribution in [-0.4, -0.2) is 20.7 Å². The number of nitrogens with one attached hydrogen (secondary N) is 2. The molecule has 2 N–H and O–H groups in total. The van der Waals surface area contributed by atoms with Crippen LogP contribution < -0.4 is 10.6 Å². The number of para-hydroxylation sites is 1. The van der Waals surface area contributed by atoms with E-state index in [1.165, 1.54) is 6.33 Å². The highest BCUT2D eigenvalue weighted by molar-refractivity contribution is 9.10. The molecule has 0 saturated carbocycles. The highest BCUT2D eigenvalue weighted by atomic mass is 79.9. The molecule has 0 radical (unpaired) electrons. The monoisotopic (exact) mass is 423 g/mol. The first-order valence-corrected chi connectivity index (χ1v) is 9.33. The van der Waals surface area contributed by atoms with Crippen molar-refractivity contribution in [3.8, 4) is 0 Å². The lowest BCUT2D eigenvalue weighted by molar-refractivity contribution is -0.113. The number of benzene rings is 2. The van der Waals surface area contributed by atoms with Crippen LogP contribution >= 0.6 is 15.9 Å². The maximum atomic E-state index is 13.2. The molecule has 7 heteroatoms. The lowest BCUT2D eigenvalue weighted by Gasteiger charge is -2.29. The van der Waals surface area contributed by atoms with Crippen molar-refractivity contribution >= 4 is 33.5 Å². The molecule has 1 aliphatic heterocycles. The standard InChI is InChI=1S/C20H18BrN5O/c1-12-6-3-4-9-16(12)25-19(27)17-13(2)24-20-22-11-23-26(20)18(17)14-7-5-8-15(21)10-14/h3-11,18H,1-2H3,(H,25,27)(H,22,23,24)/t18-/m0/s1. The topological polar surface area (TPSA) is 71.8 Å². The molecule has 1 aromatic heterocycles. The third kappa shape index (κ3) is 3.26. The van der Waals surface area contributed by atoms with Crippen LogP contribution in [0.1, 0.15) is 24.1 Å². The Labute approximate surface area is 165 Å². The van der Waals surface area contributed by atoms with Gasteiger partial charge in [0.05, 0.1) is 5.57 Å². The maximum absolute atomic E-state index is 13.2. The van der Waals surface area contributed by atoms with Crippen LogP contribution in [0.4, 0.5) is 11.6 Å². The number of anilines is 2. The summed E-state index contributed by atoms with van der Waals surface area (Å²) in [7, 11) is 0. The predicted molar refractivity (Wildman–Crippen MR) is 108 cm³/mol. The Hall–Kier alpha value is -2.93. The summed E-state index contributed by atoms with van der Waals surface area (Å²) in [6, 6.07) is 15.2. The third-order valence-electron chi connectivity index (χ3n) is 4.60. The van der Waals surface area contributed by atoms with Crippen LogP contribution in [0.3, 0.4) is 0 Å². The molecule has 27 heavy (non-hydrogen) atoms. The molecule has 6 nitrogen and oxygen atoms in total. The van der Waals surface area contributed by atoms with Gasteiger partial charge in [-0.05, 0) is 43.2 Å². The van der Waals surface area contributed by atoms with Gasteiger partial charge in [0, 0.05) is 15.9 Å². The van der Waals surface area contributed by atoms with Crippen molar-refractivity contribution in [2.75, 3.05) is 10.6 Å². The normalized spacial score (nSPS) is 15.9. The molecule has 1 atom stereocenters. The van der Waals surface area contributed by atoms with E-state index in [9.17, 15) is 4.79 Å². The van der Waals surface area contributed by atoms with Crippen molar-refractivity contribution in [1.29, 1.82) is 0 Å². The average molecular weight is 424 g/mol. The molecule has 0 bridgehead atoms. The van der Waals surface area contributed by atoms with Crippen molar-refractivity contribution < 1.29 is 4.79 Å². The molecule has 0 aliphatic carbocycles.